The van der Waals surface area contributed by atoms with Crippen molar-refractivity contribution >= 4 is 17.0 Å². The van der Waals surface area contributed by atoms with Gasteiger partial charge in [-0.1, -0.05) is 31.2 Å². The highest BCUT2D eigenvalue weighted by molar-refractivity contribution is 8.14. The Morgan fingerprint density at radius 2 is 2.25 bits per heavy atom. The number of amides is 1. The molecule has 0 N–H and O–H groups in total. The molecule has 1 amide bonds. The smallest absolute Gasteiger partial charge is 0.281 e. The summed E-state index contributed by atoms with van der Waals surface area (Å²) in [6.07, 6.45) is 3.95. The molecular weight excluding hydrogens is 170 g/mol. The molecule has 0 aromatic carbocycles. The third-order valence-electron chi connectivity index (χ3n) is 1.45. The minimum Gasteiger partial charge on any atom is -0.340 e. The Kier molecular flexibility index (Phi) is 5.89. The van der Waals surface area contributed by atoms with E-state index in [2.05, 4.69) is 13.5 Å². The highest BCUT2D eigenvalue weighted by atomic mass is 32.2. The van der Waals surface area contributed by atoms with E-state index < -0.39 is 0 Å². The molecule has 0 aromatic rings. The molecule has 1 atom stereocenters. The summed E-state index contributed by atoms with van der Waals surface area (Å²) in [5, 5.41) is 0.373. The lowest BCUT2D eigenvalue weighted by molar-refractivity contribution is 0.241. The molecule has 0 heterocycles. The fraction of sp³-hybridized carbons (Fsp3) is 0.667. The van der Waals surface area contributed by atoms with Gasteiger partial charge in [-0.15, -0.1) is 6.58 Å². The zero-order valence-corrected chi connectivity index (χ0v) is 8.86. The average molecular weight is 187 g/mol. The minimum atomic E-state index is 0.105. The van der Waals surface area contributed by atoms with E-state index in [0.717, 1.165) is 12.8 Å². The molecule has 0 fully saturated rings. The summed E-state index contributed by atoms with van der Waals surface area (Å²) in [5.41, 5.74) is 0. The minimum absolute atomic E-state index is 0.105. The van der Waals surface area contributed by atoms with E-state index in [9.17, 15) is 4.79 Å². The summed E-state index contributed by atoms with van der Waals surface area (Å²) < 4.78 is 0. The van der Waals surface area contributed by atoms with Gasteiger partial charge in [0.05, 0.1) is 0 Å². The quantitative estimate of drug-likeness (QED) is 0.631. The van der Waals surface area contributed by atoms with Crippen molar-refractivity contribution in [1.29, 1.82) is 0 Å². The van der Waals surface area contributed by atoms with Crippen LogP contribution in [-0.2, 0) is 0 Å². The largest absolute Gasteiger partial charge is 0.340 e. The summed E-state index contributed by atoms with van der Waals surface area (Å²) in [7, 11) is 3.53. The van der Waals surface area contributed by atoms with Gasteiger partial charge in [0.25, 0.3) is 5.24 Å². The van der Waals surface area contributed by atoms with E-state index in [1.54, 1.807) is 19.0 Å². The van der Waals surface area contributed by atoms with Crippen LogP contribution in [0.3, 0.4) is 0 Å². The number of hydrogen-bond donors (Lipinski definition) is 0. The summed E-state index contributed by atoms with van der Waals surface area (Å²) in [5.74, 6) is 0. The molecule has 3 heteroatoms. The maximum absolute atomic E-state index is 11.2. The molecule has 0 aliphatic rings. The Balaban J connectivity index is 3.85. The normalized spacial score (nSPS) is 12.2. The van der Waals surface area contributed by atoms with Crippen molar-refractivity contribution in [3.63, 3.8) is 0 Å². The average Bonchev–Trinajstić information content (AvgIpc) is 2.03. The monoisotopic (exact) mass is 187 g/mol. The van der Waals surface area contributed by atoms with Gasteiger partial charge < -0.3 is 4.90 Å². The van der Waals surface area contributed by atoms with Crippen molar-refractivity contribution in [2.75, 3.05) is 14.1 Å². The molecule has 70 valence electrons. The Morgan fingerprint density at radius 3 is 2.58 bits per heavy atom. The summed E-state index contributed by atoms with van der Waals surface area (Å²) in [4.78, 5) is 12.8. The third-order valence-corrected chi connectivity index (χ3v) is 2.75. The molecule has 0 bridgehead atoms. The van der Waals surface area contributed by atoms with Crippen LogP contribution in [-0.4, -0.2) is 29.5 Å². The SMILES string of the molecule is C=CC(CCC)SC(=O)N(C)C. The second-order valence-corrected chi connectivity index (χ2v) is 4.03. The van der Waals surface area contributed by atoms with Crippen molar-refractivity contribution < 1.29 is 4.79 Å². The van der Waals surface area contributed by atoms with E-state index in [1.165, 1.54) is 11.8 Å². The van der Waals surface area contributed by atoms with Crippen LogP contribution in [0.2, 0.25) is 0 Å². The fourth-order valence-corrected chi connectivity index (χ4v) is 1.66. The van der Waals surface area contributed by atoms with E-state index in [-0.39, 0.29) is 10.5 Å². The first-order valence-electron chi connectivity index (χ1n) is 4.12. The molecule has 2 nitrogen and oxygen atoms in total. The maximum Gasteiger partial charge on any atom is 0.281 e. The highest BCUT2D eigenvalue weighted by Gasteiger charge is 2.11. The van der Waals surface area contributed by atoms with Crippen molar-refractivity contribution in [2.45, 2.75) is 25.0 Å². The van der Waals surface area contributed by atoms with Gasteiger partial charge in [-0.05, 0) is 6.42 Å². The standard InChI is InChI=1S/C9H17NOS/c1-5-7-8(6-2)12-9(11)10(3)4/h6,8H,2,5,7H2,1,3-4H3. The Labute approximate surface area is 79.0 Å². The van der Waals surface area contributed by atoms with E-state index in [1.807, 2.05) is 6.08 Å². The Morgan fingerprint density at radius 1 is 1.67 bits per heavy atom. The summed E-state index contributed by atoms with van der Waals surface area (Å²) >= 11 is 1.35. The van der Waals surface area contributed by atoms with Gasteiger partial charge in [-0.2, -0.15) is 0 Å². The Bertz CT molecular complexity index is 157. The molecule has 0 rings (SSSR count). The molecule has 0 aliphatic carbocycles. The maximum atomic E-state index is 11.2. The van der Waals surface area contributed by atoms with Crippen LogP contribution in [0.15, 0.2) is 12.7 Å². The van der Waals surface area contributed by atoms with Gasteiger partial charge in [0.2, 0.25) is 0 Å². The predicted octanol–water partition coefficient (Wildman–Crippen LogP) is 2.76. The predicted molar refractivity (Wildman–Crippen MR) is 55.6 cm³/mol. The number of thioether (sulfide) groups is 1. The van der Waals surface area contributed by atoms with Gasteiger partial charge in [0, 0.05) is 19.3 Å². The highest BCUT2D eigenvalue weighted by Crippen LogP contribution is 2.19. The van der Waals surface area contributed by atoms with Crippen LogP contribution in [0.25, 0.3) is 0 Å². The van der Waals surface area contributed by atoms with E-state index in [4.69, 9.17) is 0 Å². The zero-order chi connectivity index (χ0) is 9.56. The van der Waals surface area contributed by atoms with Crippen LogP contribution < -0.4 is 0 Å². The van der Waals surface area contributed by atoms with Crippen molar-refractivity contribution in [3.05, 3.63) is 12.7 Å². The zero-order valence-electron chi connectivity index (χ0n) is 8.04. The molecule has 1 unspecified atom stereocenters. The number of hydrogen-bond acceptors (Lipinski definition) is 2. The first-order valence-corrected chi connectivity index (χ1v) is 5.00. The number of rotatable bonds is 4. The number of carbonyl (C=O) groups is 1. The van der Waals surface area contributed by atoms with Crippen LogP contribution in [0.1, 0.15) is 19.8 Å². The lowest BCUT2D eigenvalue weighted by Gasteiger charge is -2.13. The second kappa shape index (κ2) is 6.12. The fourth-order valence-electron chi connectivity index (χ4n) is 0.744. The van der Waals surface area contributed by atoms with Crippen LogP contribution in [0.5, 0.6) is 0 Å². The van der Waals surface area contributed by atoms with Crippen LogP contribution in [0.4, 0.5) is 4.79 Å². The molecule has 0 aliphatic heterocycles. The summed E-state index contributed by atoms with van der Waals surface area (Å²) in [6, 6.07) is 0. The molecule has 0 spiro atoms. The van der Waals surface area contributed by atoms with Gasteiger partial charge in [-0.3, -0.25) is 4.79 Å². The van der Waals surface area contributed by atoms with Gasteiger partial charge >= 0.3 is 0 Å². The number of carbonyl (C=O) groups excluding carboxylic acids is 1. The molecule has 12 heavy (non-hydrogen) atoms. The lowest BCUT2D eigenvalue weighted by atomic mass is 10.2. The van der Waals surface area contributed by atoms with E-state index in [0.29, 0.717) is 0 Å². The van der Waals surface area contributed by atoms with Crippen molar-refractivity contribution in [3.8, 4) is 0 Å². The van der Waals surface area contributed by atoms with Gasteiger partial charge in [-0.25, -0.2) is 0 Å². The topological polar surface area (TPSA) is 20.3 Å². The third kappa shape index (κ3) is 4.44. The molecule has 0 saturated heterocycles. The molecular formula is C9H17NOS. The van der Waals surface area contributed by atoms with Crippen LogP contribution in [0, 0.1) is 0 Å². The molecule has 0 radical (unpaired) electrons. The number of nitrogens with zero attached hydrogens (tertiary/aromatic N) is 1. The Hall–Kier alpha value is -0.440. The molecule has 0 aromatic heterocycles. The second-order valence-electron chi connectivity index (χ2n) is 2.84. The van der Waals surface area contributed by atoms with Gasteiger partial charge in [0.1, 0.15) is 0 Å². The first-order chi connectivity index (χ1) is 5.61. The lowest BCUT2D eigenvalue weighted by Crippen LogP contribution is -2.19. The van der Waals surface area contributed by atoms with Crippen LogP contribution >= 0.6 is 11.8 Å². The summed E-state index contributed by atoms with van der Waals surface area (Å²) in [6.45, 7) is 5.81. The van der Waals surface area contributed by atoms with Crippen molar-refractivity contribution in [1.82, 2.24) is 4.90 Å². The first kappa shape index (κ1) is 11.6. The molecule has 0 saturated carbocycles. The van der Waals surface area contributed by atoms with Gasteiger partial charge in [0.15, 0.2) is 0 Å². The van der Waals surface area contributed by atoms with Crippen molar-refractivity contribution in [2.24, 2.45) is 0 Å². The van der Waals surface area contributed by atoms with E-state index >= 15 is 0 Å².